The van der Waals surface area contributed by atoms with Crippen LogP contribution in [0.3, 0.4) is 0 Å². The number of rotatable bonds is 6. The van der Waals surface area contributed by atoms with E-state index in [0.29, 0.717) is 6.54 Å². The molecular weight excluding hydrogens is 268 g/mol. The molecule has 0 aliphatic rings. The van der Waals surface area contributed by atoms with Crippen LogP contribution in [0.2, 0.25) is 0 Å². The van der Waals surface area contributed by atoms with Crippen molar-refractivity contribution in [3.05, 3.63) is 40.7 Å². The molecule has 0 bridgehead atoms. The van der Waals surface area contributed by atoms with E-state index >= 15 is 0 Å². The lowest BCUT2D eigenvalue weighted by atomic mass is 10.1. The number of nitrogens with zero attached hydrogens (tertiary/aromatic N) is 3. The molecule has 20 heavy (non-hydrogen) atoms. The van der Waals surface area contributed by atoms with Gasteiger partial charge in [-0.05, 0) is 37.0 Å². The highest BCUT2D eigenvalue weighted by Crippen LogP contribution is 2.25. The molecule has 1 aromatic carbocycles. The molecule has 0 spiro atoms. The largest absolute Gasteiger partial charge is 0.324 e. The molecule has 5 heteroatoms. The molecule has 0 unspecified atom stereocenters. The van der Waals surface area contributed by atoms with Crippen molar-refractivity contribution in [1.82, 2.24) is 14.8 Å². The predicted molar refractivity (Wildman–Crippen MR) is 83.7 cm³/mol. The van der Waals surface area contributed by atoms with Crippen molar-refractivity contribution in [2.24, 2.45) is 5.73 Å². The first-order chi connectivity index (χ1) is 9.67. The van der Waals surface area contributed by atoms with Crippen LogP contribution < -0.4 is 5.73 Å². The van der Waals surface area contributed by atoms with Gasteiger partial charge in [-0.15, -0.1) is 10.2 Å². The smallest absolute Gasteiger partial charge is 0.191 e. The standard InChI is InChI=1S/C15H22N4S/c1-4-8-19-14(9-16)17-18-15(19)20-10-13-11(2)6-5-7-12(13)3/h5-7H,4,8-10,16H2,1-3H3. The Bertz CT molecular complexity index is 557. The third-order valence-electron chi connectivity index (χ3n) is 3.41. The molecule has 0 saturated heterocycles. The Morgan fingerprint density at radius 2 is 1.90 bits per heavy atom. The van der Waals surface area contributed by atoms with Crippen LogP contribution in [-0.4, -0.2) is 14.8 Å². The van der Waals surface area contributed by atoms with Crippen molar-refractivity contribution in [1.29, 1.82) is 0 Å². The molecule has 0 fully saturated rings. The molecule has 0 amide bonds. The lowest BCUT2D eigenvalue weighted by Crippen LogP contribution is -2.09. The summed E-state index contributed by atoms with van der Waals surface area (Å²) in [6, 6.07) is 6.42. The van der Waals surface area contributed by atoms with E-state index < -0.39 is 0 Å². The van der Waals surface area contributed by atoms with Crippen molar-refractivity contribution in [2.45, 2.75) is 51.2 Å². The molecule has 2 rings (SSSR count). The van der Waals surface area contributed by atoms with Crippen molar-refractivity contribution in [2.75, 3.05) is 0 Å². The van der Waals surface area contributed by atoms with Gasteiger partial charge in [0.25, 0.3) is 0 Å². The first-order valence-corrected chi connectivity index (χ1v) is 7.96. The van der Waals surface area contributed by atoms with Gasteiger partial charge < -0.3 is 10.3 Å². The van der Waals surface area contributed by atoms with E-state index in [2.05, 4.69) is 53.7 Å². The molecule has 0 aliphatic heterocycles. The van der Waals surface area contributed by atoms with E-state index in [1.54, 1.807) is 11.8 Å². The van der Waals surface area contributed by atoms with E-state index in [-0.39, 0.29) is 0 Å². The minimum absolute atomic E-state index is 0.441. The third kappa shape index (κ3) is 3.22. The fraction of sp³-hybridized carbons (Fsp3) is 0.467. The Morgan fingerprint density at radius 1 is 1.20 bits per heavy atom. The van der Waals surface area contributed by atoms with Crippen LogP contribution >= 0.6 is 11.8 Å². The zero-order chi connectivity index (χ0) is 14.5. The average Bonchev–Trinajstić information content (AvgIpc) is 2.81. The highest BCUT2D eigenvalue weighted by Gasteiger charge is 2.12. The van der Waals surface area contributed by atoms with E-state index in [1.165, 1.54) is 16.7 Å². The maximum Gasteiger partial charge on any atom is 0.191 e. The van der Waals surface area contributed by atoms with Crippen molar-refractivity contribution >= 4 is 11.8 Å². The molecule has 0 aliphatic carbocycles. The number of hydrogen-bond donors (Lipinski definition) is 1. The fourth-order valence-electron chi connectivity index (χ4n) is 2.24. The minimum atomic E-state index is 0.441. The summed E-state index contributed by atoms with van der Waals surface area (Å²) in [5.74, 6) is 1.79. The Labute approximate surface area is 124 Å². The molecule has 1 aromatic heterocycles. The van der Waals surface area contributed by atoms with E-state index in [1.807, 2.05) is 0 Å². The Morgan fingerprint density at radius 3 is 2.50 bits per heavy atom. The first-order valence-electron chi connectivity index (χ1n) is 6.97. The van der Waals surface area contributed by atoms with Gasteiger partial charge >= 0.3 is 0 Å². The quantitative estimate of drug-likeness (QED) is 0.831. The second kappa shape index (κ2) is 6.90. The number of hydrogen-bond acceptors (Lipinski definition) is 4. The molecule has 4 nitrogen and oxygen atoms in total. The normalized spacial score (nSPS) is 11.0. The molecule has 1 heterocycles. The second-order valence-electron chi connectivity index (χ2n) is 4.91. The van der Waals surface area contributed by atoms with E-state index in [0.717, 1.165) is 29.7 Å². The van der Waals surface area contributed by atoms with Gasteiger partial charge in [-0.3, -0.25) is 0 Å². The summed E-state index contributed by atoms with van der Waals surface area (Å²) in [6.07, 6.45) is 1.06. The predicted octanol–water partition coefficient (Wildman–Crippen LogP) is 3.06. The first kappa shape index (κ1) is 15.1. The third-order valence-corrected chi connectivity index (χ3v) is 4.41. The van der Waals surface area contributed by atoms with Crippen molar-refractivity contribution in [3.8, 4) is 0 Å². The SMILES string of the molecule is CCCn1c(CN)nnc1SCc1c(C)cccc1C. The summed E-state index contributed by atoms with van der Waals surface area (Å²) in [5, 5.41) is 9.42. The van der Waals surface area contributed by atoms with E-state index in [4.69, 9.17) is 5.73 Å². The number of thioether (sulfide) groups is 1. The lowest BCUT2D eigenvalue weighted by Gasteiger charge is -2.10. The van der Waals surface area contributed by atoms with Crippen LogP contribution in [0.4, 0.5) is 0 Å². The van der Waals surface area contributed by atoms with Crippen LogP contribution in [0, 0.1) is 13.8 Å². The van der Waals surface area contributed by atoms with Gasteiger partial charge in [0.05, 0.1) is 6.54 Å². The van der Waals surface area contributed by atoms with Gasteiger partial charge in [0.2, 0.25) is 0 Å². The lowest BCUT2D eigenvalue weighted by molar-refractivity contribution is 0.592. The highest BCUT2D eigenvalue weighted by atomic mass is 32.2. The van der Waals surface area contributed by atoms with Crippen LogP contribution in [0.25, 0.3) is 0 Å². The number of aromatic nitrogens is 3. The number of aryl methyl sites for hydroxylation is 2. The van der Waals surface area contributed by atoms with Crippen LogP contribution in [-0.2, 0) is 18.8 Å². The van der Waals surface area contributed by atoms with E-state index in [9.17, 15) is 0 Å². The van der Waals surface area contributed by atoms with Gasteiger partial charge in [-0.2, -0.15) is 0 Å². The monoisotopic (exact) mass is 290 g/mol. The molecular formula is C15H22N4S. The molecule has 0 radical (unpaired) electrons. The number of nitrogens with two attached hydrogens (primary N) is 1. The maximum absolute atomic E-state index is 5.72. The summed E-state index contributed by atoms with van der Waals surface area (Å²) in [5.41, 5.74) is 9.77. The summed E-state index contributed by atoms with van der Waals surface area (Å²) in [6.45, 7) is 7.84. The van der Waals surface area contributed by atoms with Gasteiger partial charge in [0.15, 0.2) is 5.16 Å². The molecule has 2 N–H and O–H groups in total. The minimum Gasteiger partial charge on any atom is -0.324 e. The Hall–Kier alpha value is -1.33. The summed E-state index contributed by atoms with van der Waals surface area (Å²) >= 11 is 1.74. The zero-order valence-corrected chi connectivity index (χ0v) is 13.2. The number of benzene rings is 1. The van der Waals surface area contributed by atoms with Crippen molar-refractivity contribution in [3.63, 3.8) is 0 Å². The zero-order valence-electron chi connectivity index (χ0n) is 12.4. The summed E-state index contributed by atoms with van der Waals surface area (Å²) in [7, 11) is 0. The van der Waals surface area contributed by atoms with Gasteiger partial charge in [-0.1, -0.05) is 36.9 Å². The Kier molecular flexibility index (Phi) is 5.20. The average molecular weight is 290 g/mol. The fourth-order valence-corrected chi connectivity index (χ4v) is 3.42. The van der Waals surface area contributed by atoms with Crippen molar-refractivity contribution < 1.29 is 0 Å². The summed E-state index contributed by atoms with van der Waals surface area (Å²) in [4.78, 5) is 0. The molecule has 2 aromatic rings. The van der Waals surface area contributed by atoms with Gasteiger partial charge in [-0.25, -0.2) is 0 Å². The molecule has 108 valence electrons. The summed E-state index contributed by atoms with van der Waals surface area (Å²) < 4.78 is 2.14. The topological polar surface area (TPSA) is 56.7 Å². The van der Waals surface area contributed by atoms with Crippen LogP contribution in [0.15, 0.2) is 23.4 Å². The maximum atomic E-state index is 5.72. The van der Waals surface area contributed by atoms with Gasteiger partial charge in [0, 0.05) is 12.3 Å². The highest BCUT2D eigenvalue weighted by molar-refractivity contribution is 7.98. The molecule has 0 atom stereocenters. The van der Waals surface area contributed by atoms with Gasteiger partial charge in [0.1, 0.15) is 5.82 Å². The Balaban J connectivity index is 2.17. The van der Waals surface area contributed by atoms with Crippen LogP contribution in [0.5, 0.6) is 0 Å². The molecule has 0 saturated carbocycles. The van der Waals surface area contributed by atoms with Crippen LogP contribution in [0.1, 0.15) is 35.9 Å². The second-order valence-corrected chi connectivity index (χ2v) is 5.86.